The smallest absolute Gasteiger partial charge is 0.0541 e. The van der Waals surface area contributed by atoms with Crippen molar-refractivity contribution in [1.29, 1.82) is 0 Å². The molecular weight excluding hydrogens is 346 g/mol. The van der Waals surface area contributed by atoms with Gasteiger partial charge in [0.25, 0.3) is 0 Å². The second kappa shape index (κ2) is 5.28. The normalized spacial score (nSPS) is 16.3. The molecule has 0 atom stereocenters. The molecule has 0 bridgehead atoms. The second-order valence-electron chi connectivity index (χ2n) is 7.10. The molecule has 0 saturated carbocycles. The lowest BCUT2D eigenvalue weighted by Crippen LogP contribution is -2.20. The Morgan fingerprint density at radius 2 is 0.852 bits per heavy atom. The number of rotatable bonds is 0. The predicted molar refractivity (Wildman–Crippen MR) is 113 cm³/mol. The van der Waals surface area contributed by atoms with Gasteiger partial charge in [-0.25, -0.2) is 0 Å². The first kappa shape index (κ1) is 15.1. The molecule has 0 unspecified atom stereocenters. The average molecular weight is 366 g/mol. The van der Waals surface area contributed by atoms with Crippen LogP contribution in [0.1, 0.15) is 0 Å². The monoisotopic (exact) mass is 365 g/mol. The molecule has 27 heavy (non-hydrogen) atoms. The molecule has 0 amide bonds. The topological polar surface area (TPSA) is 3.24 Å². The van der Waals surface area contributed by atoms with Gasteiger partial charge in [0.2, 0.25) is 0 Å². The lowest BCUT2D eigenvalue weighted by Gasteiger charge is -2.47. The van der Waals surface area contributed by atoms with Gasteiger partial charge in [0, 0.05) is 26.6 Å². The molecule has 2 heterocycles. The van der Waals surface area contributed by atoms with Crippen LogP contribution in [0.2, 0.25) is 0 Å². The Bertz CT molecular complexity index is 1120. The third kappa shape index (κ3) is 1.72. The Morgan fingerprint density at radius 3 is 1.33 bits per heavy atom. The zero-order chi connectivity index (χ0) is 18.0. The van der Waals surface area contributed by atoms with E-state index in [1.807, 2.05) is 0 Å². The summed E-state index contributed by atoms with van der Waals surface area (Å²) in [7, 11) is 0.717. The third-order valence-corrected chi connectivity index (χ3v) is 9.88. The van der Waals surface area contributed by atoms with Crippen molar-refractivity contribution < 1.29 is 0 Å². The van der Waals surface area contributed by atoms with E-state index >= 15 is 0 Å². The van der Waals surface area contributed by atoms with E-state index in [0.717, 1.165) is 0 Å². The number of hydrogen-bond acceptors (Lipinski definition) is 1. The van der Waals surface area contributed by atoms with Crippen LogP contribution in [-0.4, -0.2) is 7.05 Å². The van der Waals surface area contributed by atoms with E-state index in [0.29, 0.717) is 0 Å². The van der Waals surface area contributed by atoms with Gasteiger partial charge in [-0.15, -0.1) is 10.0 Å². The highest BCUT2D eigenvalue weighted by Gasteiger charge is 2.46. The SMILES string of the molecule is CN1c2ccccc2S2(c3ccccc3-c3ccccc32)c2ccccc21. The zero-order valence-electron chi connectivity index (χ0n) is 15.1. The van der Waals surface area contributed by atoms with Crippen LogP contribution in [-0.2, 0) is 0 Å². The molecule has 4 aromatic rings. The Balaban J connectivity index is 1.87. The summed E-state index contributed by atoms with van der Waals surface area (Å²) < 4.78 is 0. The molecule has 0 saturated heterocycles. The van der Waals surface area contributed by atoms with Crippen molar-refractivity contribution in [2.24, 2.45) is 0 Å². The predicted octanol–water partition coefficient (Wildman–Crippen LogP) is 7.09. The zero-order valence-corrected chi connectivity index (χ0v) is 15.9. The molecule has 6 rings (SSSR count). The van der Waals surface area contributed by atoms with Crippen molar-refractivity contribution in [3.05, 3.63) is 97.1 Å². The van der Waals surface area contributed by atoms with Crippen molar-refractivity contribution in [2.75, 3.05) is 11.9 Å². The molecule has 0 N–H and O–H groups in total. The van der Waals surface area contributed by atoms with Crippen molar-refractivity contribution in [3.8, 4) is 11.1 Å². The maximum absolute atomic E-state index is 2.35. The lowest BCUT2D eigenvalue weighted by atomic mass is 10.1. The standard InChI is InChI=1S/C25H19NS/c1-26-20-12-4-8-16-24(20)27(25-17-9-5-13-21(25)26)22-14-6-2-10-18(22)19-11-3-7-15-23(19)27/h2-17H,1H3. The van der Waals surface area contributed by atoms with Gasteiger partial charge < -0.3 is 4.90 Å². The van der Waals surface area contributed by atoms with Crippen molar-refractivity contribution in [2.45, 2.75) is 19.6 Å². The van der Waals surface area contributed by atoms with E-state index in [1.165, 1.54) is 42.1 Å². The third-order valence-electron chi connectivity index (χ3n) is 5.84. The molecular formula is C25H19NS. The highest BCUT2D eigenvalue weighted by molar-refractivity contribution is 8.34. The molecule has 0 aliphatic carbocycles. The van der Waals surface area contributed by atoms with Crippen LogP contribution < -0.4 is 4.90 Å². The summed E-state index contributed by atoms with van der Waals surface area (Å²) in [5.74, 6) is 0. The number of nitrogens with zero attached hydrogens (tertiary/aromatic N) is 1. The summed E-state index contributed by atoms with van der Waals surface area (Å²) in [5, 5.41) is 0. The van der Waals surface area contributed by atoms with Gasteiger partial charge in [-0.1, -0.05) is 60.7 Å². The van der Waals surface area contributed by atoms with Crippen LogP contribution in [0.5, 0.6) is 0 Å². The summed E-state index contributed by atoms with van der Waals surface area (Å²) in [5.41, 5.74) is 5.41. The molecule has 1 nitrogen and oxygen atoms in total. The maximum Gasteiger partial charge on any atom is 0.0541 e. The van der Waals surface area contributed by atoms with Gasteiger partial charge in [0.1, 0.15) is 0 Å². The minimum absolute atomic E-state index is 1.32. The molecule has 0 radical (unpaired) electrons. The molecule has 4 aromatic carbocycles. The van der Waals surface area contributed by atoms with Gasteiger partial charge >= 0.3 is 0 Å². The van der Waals surface area contributed by atoms with Gasteiger partial charge in [-0.3, -0.25) is 0 Å². The van der Waals surface area contributed by atoms with Crippen LogP contribution in [0.3, 0.4) is 0 Å². The van der Waals surface area contributed by atoms with E-state index in [-0.39, 0.29) is 0 Å². The van der Waals surface area contributed by atoms with Gasteiger partial charge in [-0.05, 0) is 47.5 Å². The molecule has 2 aliphatic heterocycles. The van der Waals surface area contributed by atoms with E-state index in [9.17, 15) is 0 Å². The molecule has 0 fully saturated rings. The van der Waals surface area contributed by atoms with E-state index in [1.54, 1.807) is 0 Å². The van der Waals surface area contributed by atoms with Crippen LogP contribution in [0.4, 0.5) is 11.4 Å². The van der Waals surface area contributed by atoms with Gasteiger partial charge in [0.15, 0.2) is 0 Å². The highest BCUT2D eigenvalue weighted by Crippen LogP contribution is 2.83. The Morgan fingerprint density at radius 1 is 0.481 bits per heavy atom. The molecule has 2 heteroatoms. The van der Waals surface area contributed by atoms with Crippen LogP contribution in [0.15, 0.2) is 117 Å². The fourth-order valence-electron chi connectivity index (χ4n) is 4.74. The van der Waals surface area contributed by atoms with Crippen LogP contribution in [0, 0.1) is 0 Å². The quantitative estimate of drug-likeness (QED) is 0.283. The summed E-state index contributed by atoms with van der Waals surface area (Å²) in [6.07, 6.45) is 0. The second-order valence-corrected chi connectivity index (χ2v) is 10.1. The highest BCUT2D eigenvalue weighted by atomic mass is 32.3. The first-order valence-corrected chi connectivity index (χ1v) is 10.9. The van der Waals surface area contributed by atoms with Crippen molar-refractivity contribution in [1.82, 2.24) is 0 Å². The number of anilines is 2. The maximum atomic E-state index is 2.35. The fraction of sp³-hybridized carbons (Fsp3) is 0.0400. The first-order chi connectivity index (χ1) is 13.3. The number of para-hydroxylation sites is 2. The summed E-state index contributed by atoms with van der Waals surface area (Å²) in [6.45, 7) is 0. The van der Waals surface area contributed by atoms with Gasteiger partial charge in [0.05, 0.1) is 11.4 Å². The van der Waals surface area contributed by atoms with E-state index in [2.05, 4.69) is 109 Å². The van der Waals surface area contributed by atoms with Crippen molar-refractivity contribution >= 4 is 21.4 Å². The molecule has 1 spiro atoms. The van der Waals surface area contributed by atoms with Crippen LogP contribution in [0.25, 0.3) is 11.1 Å². The average Bonchev–Trinajstić information content (AvgIpc) is 3.04. The summed E-state index contributed by atoms with van der Waals surface area (Å²) in [4.78, 5) is 8.19. The Hall–Kier alpha value is -2.97. The van der Waals surface area contributed by atoms with E-state index < -0.39 is 10.0 Å². The van der Waals surface area contributed by atoms with Gasteiger partial charge in [-0.2, -0.15) is 0 Å². The minimum atomic E-state index is -1.47. The largest absolute Gasteiger partial charge is 0.343 e. The Kier molecular flexibility index (Phi) is 2.95. The fourth-order valence-corrected chi connectivity index (χ4v) is 9.34. The first-order valence-electron chi connectivity index (χ1n) is 9.27. The van der Waals surface area contributed by atoms with Crippen LogP contribution >= 0.6 is 10.0 Å². The molecule has 130 valence electrons. The minimum Gasteiger partial charge on any atom is -0.343 e. The molecule has 2 aliphatic rings. The Labute approximate surface area is 161 Å². The summed E-state index contributed by atoms with van der Waals surface area (Å²) >= 11 is 0. The number of benzene rings is 4. The van der Waals surface area contributed by atoms with E-state index in [4.69, 9.17) is 0 Å². The lowest BCUT2D eigenvalue weighted by molar-refractivity contribution is 1.09. The summed E-state index contributed by atoms with van der Waals surface area (Å²) in [6, 6.07) is 35.9. The van der Waals surface area contributed by atoms with Crippen molar-refractivity contribution in [3.63, 3.8) is 0 Å². The molecule has 0 aromatic heterocycles. The number of fused-ring (bicyclic) bond motifs is 9. The number of hydrogen-bond donors (Lipinski definition) is 0.